The average molecular weight is 751 g/mol. The van der Waals surface area contributed by atoms with Crippen LogP contribution in [0.15, 0.2) is 194 Å². The van der Waals surface area contributed by atoms with Crippen molar-refractivity contribution in [3.05, 3.63) is 205 Å². The van der Waals surface area contributed by atoms with Gasteiger partial charge in [0.05, 0.1) is 11.4 Å². The second-order valence-electron chi connectivity index (χ2n) is 16.5. The third-order valence-corrected chi connectivity index (χ3v) is 12.8. The van der Waals surface area contributed by atoms with Gasteiger partial charge in [-0.3, -0.25) is 0 Å². The Morgan fingerprint density at radius 3 is 1.59 bits per heavy atom. The number of benzene rings is 10. The number of fused-ring (bicyclic) bond motifs is 12. The maximum absolute atomic E-state index is 5.31. The molecule has 1 aromatic heterocycles. The molecule has 0 spiro atoms. The van der Waals surface area contributed by atoms with E-state index in [0.717, 1.165) is 33.5 Å². The van der Waals surface area contributed by atoms with E-state index >= 15 is 0 Å². The second-order valence-corrected chi connectivity index (χ2v) is 16.5. The molecule has 1 aliphatic rings. The zero-order chi connectivity index (χ0) is 39.2. The first-order valence-electron chi connectivity index (χ1n) is 20.5. The van der Waals surface area contributed by atoms with Crippen LogP contribution in [0.4, 0.5) is 0 Å². The number of nitrogens with zero attached hydrogens (tertiary/aromatic N) is 2. The van der Waals surface area contributed by atoms with Crippen LogP contribution in [-0.2, 0) is 5.41 Å². The second kappa shape index (κ2) is 12.8. The van der Waals surface area contributed by atoms with E-state index in [9.17, 15) is 0 Å². The van der Waals surface area contributed by atoms with Crippen LogP contribution in [0.3, 0.4) is 0 Å². The normalized spacial score (nSPS) is 13.1. The highest BCUT2D eigenvalue weighted by atomic mass is 14.9. The molecule has 10 aromatic carbocycles. The first kappa shape index (κ1) is 33.7. The summed E-state index contributed by atoms with van der Waals surface area (Å²) in [5.74, 6) is 0.710. The topological polar surface area (TPSA) is 25.8 Å². The first-order valence-corrected chi connectivity index (χ1v) is 20.5. The van der Waals surface area contributed by atoms with Crippen LogP contribution in [0, 0.1) is 0 Å². The van der Waals surface area contributed by atoms with Gasteiger partial charge in [0.15, 0.2) is 5.82 Å². The Hall–Kier alpha value is -7.42. The SMILES string of the molecule is CC1(C)c2ccc(-c3ccc(-c4cc(-c5ccc6c7ccccc7c7ccccc7c6c5)nc(-c5ccccc5)n4)c4ccccc34)cc2-c2ccc3ccccc3c21. The predicted octanol–water partition coefficient (Wildman–Crippen LogP) is 15.2. The Balaban J connectivity index is 1.04. The zero-order valence-electron chi connectivity index (χ0n) is 32.9. The van der Waals surface area contributed by atoms with E-state index in [0.29, 0.717) is 5.82 Å². The minimum absolute atomic E-state index is 0.0942. The lowest BCUT2D eigenvalue weighted by Gasteiger charge is -2.23. The minimum atomic E-state index is -0.0942. The van der Waals surface area contributed by atoms with Crippen LogP contribution in [0.25, 0.3) is 110 Å². The number of rotatable bonds is 4. The maximum atomic E-state index is 5.31. The lowest BCUT2D eigenvalue weighted by Crippen LogP contribution is -2.15. The van der Waals surface area contributed by atoms with Crippen molar-refractivity contribution in [3.8, 4) is 56.2 Å². The Morgan fingerprint density at radius 2 is 0.864 bits per heavy atom. The molecule has 0 fully saturated rings. The minimum Gasteiger partial charge on any atom is -0.228 e. The first-order chi connectivity index (χ1) is 29.0. The van der Waals surface area contributed by atoms with Crippen LogP contribution in [-0.4, -0.2) is 9.97 Å². The van der Waals surface area contributed by atoms with Crippen molar-refractivity contribution in [2.45, 2.75) is 19.3 Å². The van der Waals surface area contributed by atoms with Gasteiger partial charge < -0.3 is 0 Å². The van der Waals surface area contributed by atoms with Gasteiger partial charge in [0.2, 0.25) is 0 Å². The van der Waals surface area contributed by atoms with Gasteiger partial charge in [-0.05, 0) is 105 Å². The zero-order valence-corrected chi connectivity index (χ0v) is 32.9. The fourth-order valence-electron chi connectivity index (χ4n) is 10.1. The molecule has 0 saturated heterocycles. The highest BCUT2D eigenvalue weighted by Gasteiger charge is 2.37. The van der Waals surface area contributed by atoms with Crippen molar-refractivity contribution in [2.75, 3.05) is 0 Å². The van der Waals surface area contributed by atoms with Gasteiger partial charge in [0.25, 0.3) is 0 Å². The molecule has 12 rings (SSSR count). The average Bonchev–Trinajstić information content (AvgIpc) is 3.54. The van der Waals surface area contributed by atoms with Crippen LogP contribution in [0.2, 0.25) is 0 Å². The van der Waals surface area contributed by atoms with Crippen molar-refractivity contribution in [1.29, 1.82) is 0 Å². The van der Waals surface area contributed by atoms with Crippen molar-refractivity contribution in [3.63, 3.8) is 0 Å². The van der Waals surface area contributed by atoms with Gasteiger partial charge in [0.1, 0.15) is 0 Å². The molecule has 0 radical (unpaired) electrons. The van der Waals surface area contributed by atoms with Crippen molar-refractivity contribution in [1.82, 2.24) is 9.97 Å². The molecule has 0 N–H and O–H groups in total. The highest BCUT2D eigenvalue weighted by molar-refractivity contribution is 6.25. The van der Waals surface area contributed by atoms with Gasteiger partial charge >= 0.3 is 0 Å². The fraction of sp³-hybridized carbons (Fsp3) is 0.0526. The molecule has 1 aliphatic carbocycles. The van der Waals surface area contributed by atoms with E-state index in [2.05, 4.69) is 202 Å². The Labute approximate surface area is 343 Å². The van der Waals surface area contributed by atoms with E-state index in [1.807, 2.05) is 6.07 Å². The summed E-state index contributed by atoms with van der Waals surface area (Å²) in [6.45, 7) is 4.74. The summed E-state index contributed by atoms with van der Waals surface area (Å²) in [6, 6.07) is 70.7. The maximum Gasteiger partial charge on any atom is 0.160 e. The molecule has 276 valence electrons. The van der Waals surface area contributed by atoms with E-state index in [1.54, 1.807) is 0 Å². The summed E-state index contributed by atoms with van der Waals surface area (Å²) < 4.78 is 0. The molecule has 0 aliphatic heterocycles. The van der Waals surface area contributed by atoms with E-state index in [4.69, 9.17) is 9.97 Å². The molecule has 2 heteroatoms. The summed E-state index contributed by atoms with van der Waals surface area (Å²) in [6.07, 6.45) is 0. The Bertz CT molecular complexity index is 3490. The summed E-state index contributed by atoms with van der Waals surface area (Å²) >= 11 is 0. The molecule has 11 aromatic rings. The van der Waals surface area contributed by atoms with Gasteiger partial charge in [-0.25, -0.2) is 9.97 Å². The van der Waals surface area contributed by atoms with E-state index < -0.39 is 0 Å². The number of hydrogen-bond donors (Lipinski definition) is 0. The summed E-state index contributed by atoms with van der Waals surface area (Å²) in [5, 5.41) is 12.5. The highest BCUT2D eigenvalue weighted by Crippen LogP contribution is 2.52. The molecule has 0 atom stereocenters. The van der Waals surface area contributed by atoms with Gasteiger partial charge in [-0.2, -0.15) is 0 Å². The van der Waals surface area contributed by atoms with Crippen molar-refractivity contribution in [2.24, 2.45) is 0 Å². The molecule has 59 heavy (non-hydrogen) atoms. The quantitative estimate of drug-likeness (QED) is 0.167. The van der Waals surface area contributed by atoms with Crippen LogP contribution >= 0.6 is 0 Å². The Kier molecular flexibility index (Phi) is 7.31. The predicted molar refractivity (Wildman–Crippen MR) is 249 cm³/mol. The molecule has 0 bridgehead atoms. The summed E-state index contributed by atoms with van der Waals surface area (Å²) in [5.41, 5.74) is 12.7. The number of hydrogen-bond acceptors (Lipinski definition) is 2. The fourth-order valence-corrected chi connectivity index (χ4v) is 10.1. The molecule has 0 amide bonds. The van der Waals surface area contributed by atoms with E-state index in [-0.39, 0.29) is 5.41 Å². The largest absolute Gasteiger partial charge is 0.228 e. The summed E-state index contributed by atoms with van der Waals surface area (Å²) in [4.78, 5) is 10.6. The molecule has 0 saturated carbocycles. The lowest BCUT2D eigenvalue weighted by molar-refractivity contribution is 0.666. The number of aromatic nitrogens is 2. The van der Waals surface area contributed by atoms with Crippen LogP contribution in [0.5, 0.6) is 0 Å². The van der Waals surface area contributed by atoms with Crippen LogP contribution in [0.1, 0.15) is 25.0 Å². The standard InChI is InChI=1S/C57H38N2/c1-57(2)52-31-26-37(32-51(52)49-28-24-35-14-6-7-17-40(35)55(49)57)39-29-30-48(45-22-12-8-18-41(39)45)54-34-53(58-56(59-54)36-15-4-3-5-16-36)38-25-27-47-44-21-10-9-19-42(44)43-20-11-13-23-46(43)50(47)33-38/h3-34H,1-2H3. The van der Waals surface area contributed by atoms with Crippen LogP contribution < -0.4 is 0 Å². The van der Waals surface area contributed by atoms with Crippen molar-refractivity contribution < 1.29 is 0 Å². The molecule has 2 nitrogen and oxygen atoms in total. The molecular formula is C57H38N2. The monoisotopic (exact) mass is 750 g/mol. The van der Waals surface area contributed by atoms with Gasteiger partial charge in [-0.1, -0.05) is 190 Å². The van der Waals surface area contributed by atoms with Crippen molar-refractivity contribution >= 4 is 53.9 Å². The smallest absolute Gasteiger partial charge is 0.160 e. The molecule has 1 heterocycles. The third kappa shape index (κ3) is 5.13. The third-order valence-electron chi connectivity index (χ3n) is 12.8. The lowest BCUT2D eigenvalue weighted by atomic mass is 9.80. The Morgan fingerprint density at radius 1 is 0.322 bits per heavy atom. The van der Waals surface area contributed by atoms with Gasteiger partial charge in [0, 0.05) is 22.1 Å². The van der Waals surface area contributed by atoms with E-state index in [1.165, 1.54) is 81.9 Å². The summed E-state index contributed by atoms with van der Waals surface area (Å²) in [7, 11) is 0. The van der Waals surface area contributed by atoms with Gasteiger partial charge in [-0.15, -0.1) is 0 Å². The molecule has 0 unspecified atom stereocenters. The molecular weight excluding hydrogens is 713 g/mol.